The Balaban J connectivity index is 3.06. The van der Waals surface area contributed by atoms with Gasteiger partial charge < -0.3 is 0 Å². The lowest BCUT2D eigenvalue weighted by atomic mass is 10.0. The fourth-order valence-corrected chi connectivity index (χ4v) is 4.97. The fourth-order valence-electron chi connectivity index (χ4n) is 4.97. The fraction of sp³-hybridized carbons (Fsp3) is 0.939. The maximum atomic E-state index is 2.46. The molecule has 0 atom stereocenters. The average Bonchev–Trinajstić information content (AvgIpc) is 2.83. The highest BCUT2D eigenvalue weighted by atomic mass is 14.0. The van der Waals surface area contributed by atoms with Crippen molar-refractivity contribution in [1.82, 2.24) is 0 Å². The second-order valence-corrected chi connectivity index (χ2v) is 10.9. The second-order valence-electron chi connectivity index (χ2n) is 10.9. The third-order valence-corrected chi connectivity index (χ3v) is 7.37. The van der Waals surface area contributed by atoms with E-state index in [1.54, 1.807) is 0 Å². The summed E-state index contributed by atoms with van der Waals surface area (Å²) in [5.74, 6) is 0. The maximum absolute atomic E-state index is 2.46. The Morgan fingerprint density at radius 3 is 0.636 bits per heavy atom. The molecule has 0 saturated carbocycles. The van der Waals surface area contributed by atoms with Gasteiger partial charge in [0.2, 0.25) is 0 Å². The van der Waals surface area contributed by atoms with E-state index in [2.05, 4.69) is 26.0 Å². The number of hydrogen-bond acceptors (Lipinski definition) is 0. The van der Waals surface area contributed by atoms with E-state index in [9.17, 15) is 0 Å². The van der Waals surface area contributed by atoms with E-state index in [0.29, 0.717) is 0 Å². The van der Waals surface area contributed by atoms with Crippen LogP contribution in [0.5, 0.6) is 0 Å². The van der Waals surface area contributed by atoms with Gasteiger partial charge in [0.15, 0.2) is 0 Å². The molecule has 0 heterocycles. The molecule has 0 aromatic rings. The molecule has 0 aromatic carbocycles. The second kappa shape index (κ2) is 31.7. The van der Waals surface area contributed by atoms with Crippen LogP contribution in [0.3, 0.4) is 0 Å². The minimum atomic E-state index is 1.31. The Bertz CT molecular complexity index is 342. The topological polar surface area (TPSA) is 0 Å². The van der Waals surface area contributed by atoms with Gasteiger partial charge in [-0.1, -0.05) is 187 Å². The quantitative estimate of drug-likeness (QED) is 0.0765. The van der Waals surface area contributed by atoms with Crippen LogP contribution in [-0.4, -0.2) is 0 Å². The third kappa shape index (κ3) is 31.7. The highest BCUT2D eigenvalue weighted by molar-refractivity contribution is 4.81. The van der Waals surface area contributed by atoms with Crippen molar-refractivity contribution in [2.75, 3.05) is 0 Å². The maximum Gasteiger partial charge on any atom is -0.0351 e. The van der Waals surface area contributed by atoms with Crippen molar-refractivity contribution in [2.45, 2.75) is 200 Å². The van der Waals surface area contributed by atoms with E-state index in [-0.39, 0.29) is 0 Å². The molecular weight excluding hydrogens is 396 g/mol. The summed E-state index contributed by atoms with van der Waals surface area (Å²) >= 11 is 0. The molecule has 0 aromatic heterocycles. The Hall–Kier alpha value is -0.260. The first-order valence-corrected chi connectivity index (χ1v) is 16.1. The molecule has 0 nitrogen and oxygen atoms in total. The molecule has 0 heteroatoms. The van der Waals surface area contributed by atoms with Gasteiger partial charge in [-0.25, -0.2) is 0 Å². The van der Waals surface area contributed by atoms with Crippen LogP contribution in [0.15, 0.2) is 12.2 Å². The van der Waals surface area contributed by atoms with Crippen molar-refractivity contribution in [3.63, 3.8) is 0 Å². The summed E-state index contributed by atoms with van der Waals surface area (Å²) in [7, 11) is 0. The van der Waals surface area contributed by atoms with E-state index in [0.717, 1.165) is 0 Å². The van der Waals surface area contributed by atoms with Crippen LogP contribution in [0.1, 0.15) is 200 Å². The van der Waals surface area contributed by atoms with Gasteiger partial charge in [-0.2, -0.15) is 0 Å². The van der Waals surface area contributed by atoms with Crippen molar-refractivity contribution >= 4 is 0 Å². The molecule has 0 unspecified atom stereocenters. The minimum absolute atomic E-state index is 1.31. The van der Waals surface area contributed by atoms with Gasteiger partial charge >= 0.3 is 0 Å². The smallest absolute Gasteiger partial charge is 0.0351 e. The molecule has 0 fully saturated rings. The molecule has 0 bridgehead atoms. The first kappa shape index (κ1) is 32.7. The van der Waals surface area contributed by atoms with Crippen molar-refractivity contribution in [2.24, 2.45) is 0 Å². The van der Waals surface area contributed by atoms with Crippen molar-refractivity contribution in [1.29, 1.82) is 0 Å². The van der Waals surface area contributed by atoms with E-state index >= 15 is 0 Å². The lowest BCUT2D eigenvalue weighted by Crippen LogP contribution is -1.84. The molecule has 0 saturated heterocycles. The molecule has 198 valence electrons. The third-order valence-electron chi connectivity index (χ3n) is 7.37. The van der Waals surface area contributed by atoms with Crippen molar-refractivity contribution < 1.29 is 0 Å². The Morgan fingerprint density at radius 2 is 0.424 bits per heavy atom. The zero-order valence-corrected chi connectivity index (χ0v) is 23.7. The van der Waals surface area contributed by atoms with Crippen LogP contribution >= 0.6 is 0 Å². The number of hydrogen-bond donors (Lipinski definition) is 0. The zero-order valence-electron chi connectivity index (χ0n) is 23.7. The molecular formula is C33H66. The SMILES string of the molecule is CCCCCCCCCCC/C=C\CCCCCCCCCCCCCCCCCCCC. The normalized spacial score (nSPS) is 11.7. The Kier molecular flexibility index (Phi) is 31.5. The molecule has 0 aliphatic heterocycles. The van der Waals surface area contributed by atoms with Crippen LogP contribution < -0.4 is 0 Å². The first-order valence-electron chi connectivity index (χ1n) is 16.1. The standard InChI is InChI=1S/C33H66/c1-3-5-7-9-11-13-15-17-19-21-23-25-27-29-31-33-32-30-28-26-24-22-20-18-16-14-12-10-8-6-4-2/h23,25H,3-22,24,26-33H2,1-2H3/b25-23-. The van der Waals surface area contributed by atoms with E-state index in [4.69, 9.17) is 0 Å². The van der Waals surface area contributed by atoms with Crippen LogP contribution in [0.4, 0.5) is 0 Å². The molecule has 0 rings (SSSR count). The highest BCUT2D eigenvalue weighted by Gasteiger charge is 1.95. The van der Waals surface area contributed by atoms with Gasteiger partial charge in [0.1, 0.15) is 0 Å². The van der Waals surface area contributed by atoms with Gasteiger partial charge in [0.25, 0.3) is 0 Å². The number of rotatable bonds is 29. The van der Waals surface area contributed by atoms with Crippen LogP contribution in [0.2, 0.25) is 0 Å². The van der Waals surface area contributed by atoms with Gasteiger partial charge in [0.05, 0.1) is 0 Å². The van der Waals surface area contributed by atoms with E-state index < -0.39 is 0 Å². The van der Waals surface area contributed by atoms with Gasteiger partial charge in [-0.15, -0.1) is 0 Å². The Labute approximate surface area is 212 Å². The Morgan fingerprint density at radius 1 is 0.242 bits per heavy atom. The summed E-state index contributed by atoms with van der Waals surface area (Å²) in [6.45, 7) is 4.61. The van der Waals surface area contributed by atoms with Crippen LogP contribution in [0, 0.1) is 0 Å². The molecule has 0 N–H and O–H groups in total. The predicted octanol–water partition coefficient (Wildman–Crippen LogP) is 12.9. The molecule has 0 amide bonds. The summed E-state index contributed by atoms with van der Waals surface area (Å²) in [6, 6.07) is 0. The molecule has 0 aliphatic rings. The first-order chi connectivity index (χ1) is 16.4. The van der Waals surface area contributed by atoms with Crippen LogP contribution in [0.25, 0.3) is 0 Å². The molecule has 0 aliphatic carbocycles. The van der Waals surface area contributed by atoms with Gasteiger partial charge in [0, 0.05) is 0 Å². The highest BCUT2D eigenvalue weighted by Crippen LogP contribution is 2.15. The lowest BCUT2D eigenvalue weighted by Gasteiger charge is -2.03. The van der Waals surface area contributed by atoms with E-state index in [1.807, 2.05) is 0 Å². The van der Waals surface area contributed by atoms with Gasteiger partial charge in [-0.05, 0) is 25.7 Å². The number of unbranched alkanes of at least 4 members (excludes halogenated alkanes) is 27. The summed E-state index contributed by atoms with van der Waals surface area (Å²) in [6.07, 6.45) is 46.9. The molecule has 33 heavy (non-hydrogen) atoms. The predicted molar refractivity (Wildman–Crippen MR) is 154 cm³/mol. The van der Waals surface area contributed by atoms with Crippen molar-refractivity contribution in [3.05, 3.63) is 12.2 Å². The van der Waals surface area contributed by atoms with Crippen LogP contribution in [-0.2, 0) is 0 Å². The number of allylic oxidation sites excluding steroid dienone is 2. The summed E-state index contributed by atoms with van der Waals surface area (Å²) < 4.78 is 0. The van der Waals surface area contributed by atoms with Crippen molar-refractivity contribution in [3.8, 4) is 0 Å². The monoisotopic (exact) mass is 463 g/mol. The van der Waals surface area contributed by atoms with E-state index in [1.165, 1.54) is 186 Å². The summed E-state index contributed by atoms with van der Waals surface area (Å²) in [4.78, 5) is 0. The molecule has 0 spiro atoms. The summed E-state index contributed by atoms with van der Waals surface area (Å²) in [5.41, 5.74) is 0. The van der Waals surface area contributed by atoms with Gasteiger partial charge in [-0.3, -0.25) is 0 Å². The zero-order chi connectivity index (χ0) is 23.9. The largest absolute Gasteiger partial charge is 0.0885 e. The average molecular weight is 463 g/mol. The molecule has 0 radical (unpaired) electrons. The summed E-state index contributed by atoms with van der Waals surface area (Å²) in [5, 5.41) is 0. The lowest BCUT2D eigenvalue weighted by molar-refractivity contribution is 0.525. The minimum Gasteiger partial charge on any atom is -0.0885 e.